The van der Waals surface area contributed by atoms with Gasteiger partial charge in [0, 0.05) is 34.3 Å². The van der Waals surface area contributed by atoms with Gasteiger partial charge in [0.25, 0.3) is 0 Å². The van der Waals surface area contributed by atoms with Crippen LogP contribution in [-0.4, -0.2) is 26.1 Å². The maximum absolute atomic E-state index is 5.73. The van der Waals surface area contributed by atoms with Gasteiger partial charge in [-0.3, -0.25) is 4.98 Å². The zero-order valence-corrected chi connectivity index (χ0v) is 19.3. The highest BCUT2D eigenvalue weighted by atomic mass is 79.9. The number of rotatable bonds is 5. The fourth-order valence-corrected chi connectivity index (χ4v) is 5.04. The fourth-order valence-electron chi connectivity index (χ4n) is 4.33. The molecular formula is C23H25BrN4S. The Kier molecular flexibility index (Phi) is 5.74. The van der Waals surface area contributed by atoms with Crippen molar-refractivity contribution in [2.75, 3.05) is 6.54 Å². The highest BCUT2D eigenvalue weighted by Gasteiger charge is 2.40. The van der Waals surface area contributed by atoms with E-state index in [9.17, 15) is 0 Å². The molecule has 1 aromatic carbocycles. The van der Waals surface area contributed by atoms with Crippen LogP contribution in [-0.2, 0) is 0 Å². The van der Waals surface area contributed by atoms with Gasteiger partial charge in [0.15, 0.2) is 5.11 Å². The van der Waals surface area contributed by atoms with Crippen LogP contribution in [0.3, 0.4) is 0 Å². The van der Waals surface area contributed by atoms with E-state index >= 15 is 0 Å². The van der Waals surface area contributed by atoms with Crippen LogP contribution >= 0.6 is 28.1 Å². The highest BCUT2D eigenvalue weighted by Crippen LogP contribution is 2.41. The molecule has 0 radical (unpaired) electrons. The molecule has 0 bridgehead atoms. The summed E-state index contributed by atoms with van der Waals surface area (Å²) in [5, 5.41) is 4.34. The summed E-state index contributed by atoms with van der Waals surface area (Å²) in [6.07, 6.45) is 2.89. The quantitative estimate of drug-likeness (QED) is 0.491. The number of hydrogen-bond acceptors (Lipinski definition) is 2. The standard InChI is InChI=1S/C23H25BrN4S/c1-4-12-27-22(21(26-23(27)29)20-10-5-6-11-25-20)19-13-15(2)28(16(19)3)18-9-7-8-17(24)14-18/h5-11,13-14,21-22H,4,12H2,1-3H3,(H,26,29). The van der Waals surface area contributed by atoms with E-state index in [2.05, 4.69) is 92.9 Å². The molecule has 3 heterocycles. The van der Waals surface area contributed by atoms with Crippen molar-refractivity contribution < 1.29 is 0 Å². The molecule has 0 amide bonds. The molecule has 3 aromatic rings. The lowest BCUT2D eigenvalue weighted by Crippen LogP contribution is -2.30. The molecule has 1 aliphatic heterocycles. The minimum absolute atomic E-state index is 0.0340. The number of nitrogens with zero attached hydrogens (tertiary/aromatic N) is 3. The van der Waals surface area contributed by atoms with Gasteiger partial charge in [-0.25, -0.2) is 0 Å². The Balaban J connectivity index is 1.84. The van der Waals surface area contributed by atoms with Gasteiger partial charge in [-0.1, -0.05) is 35.0 Å². The first-order valence-corrected chi connectivity index (χ1v) is 11.1. The highest BCUT2D eigenvalue weighted by molar-refractivity contribution is 9.10. The molecule has 4 rings (SSSR count). The number of aryl methyl sites for hydroxylation is 1. The van der Waals surface area contributed by atoms with Crippen LogP contribution in [0.1, 0.15) is 48.1 Å². The van der Waals surface area contributed by atoms with Gasteiger partial charge >= 0.3 is 0 Å². The summed E-state index contributed by atoms with van der Waals surface area (Å²) in [4.78, 5) is 6.95. The lowest BCUT2D eigenvalue weighted by Gasteiger charge is -2.27. The van der Waals surface area contributed by atoms with Gasteiger partial charge in [0.05, 0.1) is 17.8 Å². The van der Waals surface area contributed by atoms with Crippen LogP contribution in [0.5, 0.6) is 0 Å². The topological polar surface area (TPSA) is 33.1 Å². The van der Waals surface area contributed by atoms with E-state index in [-0.39, 0.29) is 12.1 Å². The molecule has 6 heteroatoms. The summed E-state index contributed by atoms with van der Waals surface area (Å²) < 4.78 is 3.40. The maximum Gasteiger partial charge on any atom is 0.170 e. The summed E-state index contributed by atoms with van der Waals surface area (Å²) in [5.74, 6) is 0. The number of benzene rings is 1. The van der Waals surface area contributed by atoms with E-state index in [0.717, 1.165) is 33.9 Å². The van der Waals surface area contributed by atoms with Crippen LogP contribution in [0.4, 0.5) is 0 Å². The molecule has 0 aliphatic carbocycles. The molecule has 29 heavy (non-hydrogen) atoms. The van der Waals surface area contributed by atoms with E-state index in [0.29, 0.717) is 0 Å². The van der Waals surface area contributed by atoms with Gasteiger partial charge in [0.2, 0.25) is 0 Å². The number of hydrogen-bond donors (Lipinski definition) is 1. The Morgan fingerprint density at radius 2 is 1.97 bits per heavy atom. The SMILES string of the molecule is CCCN1C(=S)NC(c2ccccn2)C1c1cc(C)n(-c2cccc(Br)c2)c1C. The predicted octanol–water partition coefficient (Wildman–Crippen LogP) is 5.63. The molecule has 2 atom stereocenters. The van der Waals surface area contributed by atoms with Gasteiger partial charge in [0.1, 0.15) is 0 Å². The largest absolute Gasteiger partial charge is 0.352 e. The zero-order chi connectivity index (χ0) is 20.5. The third-order valence-electron chi connectivity index (χ3n) is 5.52. The summed E-state index contributed by atoms with van der Waals surface area (Å²) >= 11 is 9.33. The summed E-state index contributed by atoms with van der Waals surface area (Å²) in [5.41, 5.74) is 5.92. The van der Waals surface area contributed by atoms with Crippen molar-refractivity contribution >= 4 is 33.3 Å². The molecule has 1 fully saturated rings. The Morgan fingerprint density at radius 1 is 1.14 bits per heavy atom. The summed E-state index contributed by atoms with van der Waals surface area (Å²) in [6, 6.07) is 16.9. The number of pyridine rings is 1. The van der Waals surface area contributed by atoms with Crippen molar-refractivity contribution in [1.82, 2.24) is 19.8 Å². The molecule has 0 spiro atoms. The van der Waals surface area contributed by atoms with Crippen molar-refractivity contribution in [3.63, 3.8) is 0 Å². The minimum Gasteiger partial charge on any atom is -0.352 e. The van der Waals surface area contributed by atoms with Gasteiger partial charge in [-0.15, -0.1) is 0 Å². The molecule has 0 saturated carbocycles. The third kappa shape index (κ3) is 3.71. The van der Waals surface area contributed by atoms with E-state index in [1.54, 1.807) is 0 Å². The molecule has 2 aromatic heterocycles. The van der Waals surface area contributed by atoms with Crippen LogP contribution in [0.2, 0.25) is 0 Å². The van der Waals surface area contributed by atoms with Crippen LogP contribution in [0.15, 0.2) is 59.2 Å². The maximum atomic E-state index is 5.73. The van der Waals surface area contributed by atoms with Crippen molar-refractivity contribution in [1.29, 1.82) is 0 Å². The first-order chi connectivity index (χ1) is 14.0. The zero-order valence-electron chi connectivity index (χ0n) is 16.9. The Labute approximate surface area is 186 Å². The summed E-state index contributed by atoms with van der Waals surface area (Å²) in [7, 11) is 0. The Bertz CT molecular complexity index is 1030. The Hall–Kier alpha value is -2.18. The van der Waals surface area contributed by atoms with E-state index in [4.69, 9.17) is 12.2 Å². The first kappa shape index (κ1) is 20.1. The molecular weight excluding hydrogens is 444 g/mol. The van der Waals surface area contributed by atoms with Crippen LogP contribution < -0.4 is 5.32 Å². The van der Waals surface area contributed by atoms with E-state index < -0.39 is 0 Å². The van der Waals surface area contributed by atoms with Crippen molar-refractivity contribution in [2.24, 2.45) is 0 Å². The normalized spacial score (nSPS) is 18.9. The average Bonchev–Trinajstić information content (AvgIpc) is 3.18. The van der Waals surface area contributed by atoms with E-state index in [1.165, 1.54) is 17.0 Å². The lowest BCUT2D eigenvalue weighted by atomic mass is 9.96. The average molecular weight is 469 g/mol. The van der Waals surface area contributed by atoms with Crippen molar-refractivity contribution in [3.05, 3.63) is 81.8 Å². The third-order valence-corrected chi connectivity index (χ3v) is 6.36. The second kappa shape index (κ2) is 8.28. The van der Waals surface area contributed by atoms with Gasteiger partial charge in [-0.2, -0.15) is 0 Å². The van der Waals surface area contributed by atoms with Crippen LogP contribution in [0, 0.1) is 13.8 Å². The first-order valence-electron chi connectivity index (χ1n) is 9.94. The van der Waals surface area contributed by atoms with Crippen LogP contribution in [0.25, 0.3) is 5.69 Å². The molecule has 150 valence electrons. The molecule has 1 aliphatic rings. The predicted molar refractivity (Wildman–Crippen MR) is 125 cm³/mol. The number of nitrogens with one attached hydrogen (secondary N) is 1. The van der Waals surface area contributed by atoms with Gasteiger partial charge in [-0.05, 0) is 74.4 Å². The molecule has 1 saturated heterocycles. The van der Waals surface area contributed by atoms with Gasteiger partial charge < -0.3 is 14.8 Å². The van der Waals surface area contributed by atoms with E-state index in [1.807, 2.05) is 18.3 Å². The second-order valence-electron chi connectivity index (χ2n) is 7.46. The minimum atomic E-state index is 0.0340. The number of halogens is 1. The molecule has 4 nitrogen and oxygen atoms in total. The summed E-state index contributed by atoms with van der Waals surface area (Å²) in [6.45, 7) is 7.47. The fraction of sp³-hybridized carbons (Fsp3) is 0.304. The number of thiocarbonyl (C=S) groups is 1. The van der Waals surface area contributed by atoms with Crippen molar-refractivity contribution in [2.45, 2.75) is 39.3 Å². The molecule has 1 N–H and O–H groups in total. The molecule has 2 unspecified atom stereocenters. The van der Waals surface area contributed by atoms with Crippen molar-refractivity contribution in [3.8, 4) is 5.69 Å². The lowest BCUT2D eigenvalue weighted by molar-refractivity contribution is 0.316. The smallest absolute Gasteiger partial charge is 0.170 e. The second-order valence-corrected chi connectivity index (χ2v) is 8.76. The Morgan fingerprint density at radius 3 is 2.66 bits per heavy atom. The monoisotopic (exact) mass is 468 g/mol. The number of aromatic nitrogens is 2.